The van der Waals surface area contributed by atoms with Crippen LogP contribution in [0.5, 0.6) is 0 Å². The van der Waals surface area contributed by atoms with Crippen LogP contribution >= 0.6 is 0 Å². The molecule has 0 aliphatic carbocycles. The van der Waals surface area contributed by atoms with Crippen molar-refractivity contribution in [1.29, 1.82) is 0 Å². The molecule has 1 amide bonds. The molecule has 0 heterocycles. The number of carbonyl (C=O) groups is 1. The number of rotatable bonds is 4. The minimum absolute atomic E-state index is 0.199. The molecule has 0 aliphatic rings. The van der Waals surface area contributed by atoms with E-state index >= 15 is 0 Å². The average molecular weight is 273 g/mol. The molecular formula is C15H15NO2S. The fraction of sp³-hybridized carbons (Fsp3) is 0.133. The molecule has 3 nitrogen and oxygen atoms in total. The van der Waals surface area contributed by atoms with Gasteiger partial charge in [-0.25, -0.2) is 0 Å². The Bertz CT molecular complexity index is 596. The smallest absolute Gasteiger partial charge is 0.252 e. The normalized spacial score (nSPS) is 11.8. The number of hydrogen-bond acceptors (Lipinski definition) is 2. The zero-order valence-corrected chi connectivity index (χ0v) is 11.4. The second-order valence-electron chi connectivity index (χ2n) is 4.12. The fourth-order valence-electron chi connectivity index (χ4n) is 1.78. The van der Waals surface area contributed by atoms with Crippen LogP contribution in [0.1, 0.15) is 15.9 Å². The minimum atomic E-state index is -1.17. The van der Waals surface area contributed by atoms with Crippen molar-refractivity contribution in [2.75, 3.05) is 6.26 Å². The second-order valence-corrected chi connectivity index (χ2v) is 5.47. The summed E-state index contributed by atoms with van der Waals surface area (Å²) in [5, 5.41) is 2.84. The van der Waals surface area contributed by atoms with E-state index in [1.807, 2.05) is 30.3 Å². The van der Waals surface area contributed by atoms with Crippen LogP contribution in [-0.4, -0.2) is 16.4 Å². The summed E-state index contributed by atoms with van der Waals surface area (Å²) in [6.07, 6.45) is 1.57. The molecule has 4 heteroatoms. The molecule has 0 saturated heterocycles. The Morgan fingerprint density at radius 2 is 1.68 bits per heavy atom. The van der Waals surface area contributed by atoms with Gasteiger partial charge in [0.25, 0.3) is 5.91 Å². The second kappa shape index (κ2) is 6.29. The van der Waals surface area contributed by atoms with Crippen LogP contribution in [-0.2, 0) is 17.3 Å². The summed E-state index contributed by atoms with van der Waals surface area (Å²) < 4.78 is 11.6. The van der Waals surface area contributed by atoms with Gasteiger partial charge in [0.05, 0.1) is 21.3 Å². The maximum atomic E-state index is 12.1. The van der Waals surface area contributed by atoms with Crippen LogP contribution in [0.2, 0.25) is 0 Å². The van der Waals surface area contributed by atoms with Gasteiger partial charge < -0.3 is 5.32 Å². The summed E-state index contributed by atoms with van der Waals surface area (Å²) in [7, 11) is -1.17. The number of benzene rings is 2. The maximum absolute atomic E-state index is 12.1. The van der Waals surface area contributed by atoms with Crippen molar-refractivity contribution >= 4 is 16.7 Å². The molecule has 0 aliphatic heterocycles. The quantitative estimate of drug-likeness (QED) is 0.929. The highest BCUT2D eigenvalue weighted by Crippen LogP contribution is 2.12. The molecule has 2 rings (SSSR count). The van der Waals surface area contributed by atoms with Crippen molar-refractivity contribution in [3.63, 3.8) is 0 Å². The van der Waals surface area contributed by atoms with E-state index in [1.54, 1.807) is 30.5 Å². The maximum Gasteiger partial charge on any atom is 0.252 e. The van der Waals surface area contributed by atoms with Crippen LogP contribution in [0.3, 0.4) is 0 Å². The van der Waals surface area contributed by atoms with E-state index in [0.29, 0.717) is 17.0 Å². The van der Waals surface area contributed by atoms with Crippen LogP contribution in [0.25, 0.3) is 0 Å². The Kier molecular flexibility index (Phi) is 4.47. The standard InChI is InChI=1S/C15H15NO2S/c1-19(18)14-10-6-5-9-13(14)15(17)16-11-12-7-3-2-4-8-12/h2-10H,11H2,1H3,(H,16,17). The Morgan fingerprint density at radius 1 is 1.05 bits per heavy atom. The molecule has 1 atom stereocenters. The third-order valence-electron chi connectivity index (χ3n) is 2.74. The minimum Gasteiger partial charge on any atom is -0.348 e. The van der Waals surface area contributed by atoms with Gasteiger partial charge in [-0.05, 0) is 17.7 Å². The highest BCUT2D eigenvalue weighted by Gasteiger charge is 2.12. The Labute approximate surface area is 115 Å². The summed E-state index contributed by atoms with van der Waals surface area (Å²) in [6.45, 7) is 0.463. The van der Waals surface area contributed by atoms with E-state index in [4.69, 9.17) is 0 Å². The van der Waals surface area contributed by atoms with Crippen LogP contribution in [0, 0.1) is 0 Å². The average Bonchev–Trinajstić information content (AvgIpc) is 2.46. The van der Waals surface area contributed by atoms with Gasteiger partial charge in [-0.2, -0.15) is 0 Å². The van der Waals surface area contributed by atoms with Crippen LogP contribution < -0.4 is 5.32 Å². The largest absolute Gasteiger partial charge is 0.348 e. The topological polar surface area (TPSA) is 46.2 Å². The number of nitrogens with one attached hydrogen (secondary N) is 1. The number of carbonyl (C=O) groups excluding carboxylic acids is 1. The summed E-state index contributed by atoms with van der Waals surface area (Å²) in [5.74, 6) is -0.199. The lowest BCUT2D eigenvalue weighted by molar-refractivity contribution is 0.0948. The summed E-state index contributed by atoms with van der Waals surface area (Å²) >= 11 is 0. The first-order valence-electron chi connectivity index (χ1n) is 5.93. The predicted molar refractivity (Wildman–Crippen MR) is 76.4 cm³/mol. The molecule has 0 bridgehead atoms. The molecule has 98 valence electrons. The lowest BCUT2D eigenvalue weighted by atomic mass is 10.2. The van der Waals surface area contributed by atoms with Crippen molar-refractivity contribution in [3.05, 3.63) is 65.7 Å². The molecule has 0 saturated carbocycles. The first kappa shape index (κ1) is 13.5. The van der Waals surface area contributed by atoms with Crippen molar-refractivity contribution in [1.82, 2.24) is 5.32 Å². The van der Waals surface area contributed by atoms with Gasteiger partial charge in [0.2, 0.25) is 0 Å². The van der Waals surface area contributed by atoms with Crippen molar-refractivity contribution < 1.29 is 9.00 Å². The molecule has 1 unspecified atom stereocenters. The first-order chi connectivity index (χ1) is 9.18. The van der Waals surface area contributed by atoms with Gasteiger partial charge in [-0.1, -0.05) is 42.5 Å². The lowest BCUT2D eigenvalue weighted by Gasteiger charge is -2.08. The third kappa shape index (κ3) is 3.51. The third-order valence-corrected chi connectivity index (χ3v) is 3.71. The van der Waals surface area contributed by atoms with Gasteiger partial charge in [-0.3, -0.25) is 9.00 Å². The first-order valence-corrected chi connectivity index (χ1v) is 7.49. The number of amides is 1. The van der Waals surface area contributed by atoms with Gasteiger partial charge >= 0.3 is 0 Å². The van der Waals surface area contributed by atoms with Crippen molar-refractivity contribution in [2.45, 2.75) is 11.4 Å². The van der Waals surface area contributed by atoms with Gasteiger partial charge in [0.1, 0.15) is 0 Å². The molecule has 2 aromatic rings. The SMILES string of the molecule is CS(=O)c1ccccc1C(=O)NCc1ccccc1. The van der Waals surface area contributed by atoms with E-state index in [-0.39, 0.29) is 5.91 Å². The lowest BCUT2D eigenvalue weighted by Crippen LogP contribution is -2.24. The summed E-state index contributed by atoms with van der Waals surface area (Å²) in [6, 6.07) is 16.6. The molecule has 0 fully saturated rings. The summed E-state index contributed by atoms with van der Waals surface area (Å²) in [4.78, 5) is 12.7. The summed E-state index contributed by atoms with van der Waals surface area (Å²) in [5.41, 5.74) is 1.50. The zero-order chi connectivity index (χ0) is 13.7. The van der Waals surface area contributed by atoms with Gasteiger partial charge in [0.15, 0.2) is 0 Å². The van der Waals surface area contributed by atoms with Gasteiger partial charge in [-0.15, -0.1) is 0 Å². The predicted octanol–water partition coefficient (Wildman–Crippen LogP) is 2.35. The molecule has 1 N–H and O–H groups in total. The highest BCUT2D eigenvalue weighted by molar-refractivity contribution is 7.84. The molecule has 19 heavy (non-hydrogen) atoms. The zero-order valence-electron chi connectivity index (χ0n) is 10.6. The molecule has 0 spiro atoms. The van der Waals surface area contributed by atoms with Crippen molar-refractivity contribution in [3.8, 4) is 0 Å². The van der Waals surface area contributed by atoms with Crippen LogP contribution in [0.15, 0.2) is 59.5 Å². The van der Waals surface area contributed by atoms with E-state index in [2.05, 4.69) is 5.32 Å². The Balaban J connectivity index is 2.10. The monoisotopic (exact) mass is 273 g/mol. The Morgan fingerprint density at radius 3 is 2.37 bits per heavy atom. The van der Waals surface area contributed by atoms with E-state index in [0.717, 1.165) is 5.56 Å². The van der Waals surface area contributed by atoms with Crippen LogP contribution in [0.4, 0.5) is 0 Å². The molecule has 0 aromatic heterocycles. The van der Waals surface area contributed by atoms with Gasteiger partial charge in [0, 0.05) is 12.8 Å². The van der Waals surface area contributed by atoms with E-state index < -0.39 is 10.8 Å². The number of hydrogen-bond donors (Lipinski definition) is 1. The molecule has 2 aromatic carbocycles. The van der Waals surface area contributed by atoms with Crippen molar-refractivity contribution in [2.24, 2.45) is 0 Å². The fourth-order valence-corrected chi connectivity index (χ4v) is 2.52. The highest BCUT2D eigenvalue weighted by atomic mass is 32.2. The van der Waals surface area contributed by atoms with E-state index in [1.165, 1.54) is 0 Å². The van der Waals surface area contributed by atoms with E-state index in [9.17, 15) is 9.00 Å². The molecular weight excluding hydrogens is 258 g/mol. The Hall–Kier alpha value is -1.94. The molecule has 0 radical (unpaired) electrons.